The van der Waals surface area contributed by atoms with Gasteiger partial charge in [0.05, 0.1) is 43.7 Å². The van der Waals surface area contributed by atoms with E-state index in [2.05, 4.69) is 18.7 Å². The second kappa shape index (κ2) is 31.9. The van der Waals surface area contributed by atoms with Crippen LogP contribution in [0.2, 0.25) is 0 Å². The van der Waals surface area contributed by atoms with Crippen molar-refractivity contribution in [3.63, 3.8) is 0 Å². The van der Waals surface area contributed by atoms with Crippen LogP contribution in [0.4, 0.5) is 11.4 Å². The van der Waals surface area contributed by atoms with Crippen LogP contribution in [0.25, 0.3) is 0 Å². The molecular weight excluding hydrogens is 1210 g/mol. The summed E-state index contributed by atoms with van der Waals surface area (Å²) < 4.78 is 108. The summed E-state index contributed by atoms with van der Waals surface area (Å²) in [5, 5.41) is 28.7. The first kappa shape index (κ1) is 70.9. The van der Waals surface area contributed by atoms with Crippen LogP contribution >= 0.6 is 24.1 Å². The average molecular weight is 1250 g/mol. The fourth-order valence-corrected chi connectivity index (χ4v) is 11.2. The molecule has 0 radical (unpaired) electrons. The van der Waals surface area contributed by atoms with Gasteiger partial charge in [0.2, 0.25) is 0 Å². The number of hydrogen-bond donors (Lipinski definition) is 2. The number of ether oxygens (including phenoxy) is 4. The molecule has 4 N–H and O–H groups in total. The molecule has 28 heteroatoms. The van der Waals surface area contributed by atoms with Crippen LogP contribution in [0.5, 0.6) is 46.0 Å². The van der Waals surface area contributed by atoms with Crippen LogP contribution in [0.1, 0.15) is 75.1 Å². The number of benzene rings is 8. The molecule has 8 aromatic rings. The van der Waals surface area contributed by atoms with E-state index >= 15 is 0 Å². The molecule has 1 saturated carbocycles. The van der Waals surface area contributed by atoms with Crippen molar-refractivity contribution < 1.29 is 202 Å². The van der Waals surface area contributed by atoms with Gasteiger partial charge in [0, 0.05) is 39.0 Å². The summed E-state index contributed by atoms with van der Waals surface area (Å²) in [5.41, 5.74) is 13.6. The third kappa shape index (κ3) is 17.7. The molecule has 0 bridgehead atoms. The van der Waals surface area contributed by atoms with Crippen molar-refractivity contribution in [2.45, 2.75) is 57.1 Å². The van der Waals surface area contributed by atoms with E-state index in [0.717, 1.165) is 55.4 Å². The van der Waals surface area contributed by atoms with Gasteiger partial charge < -0.3 is 50.0 Å². The average Bonchev–Trinajstić information content (AvgIpc) is 3.51. The van der Waals surface area contributed by atoms with Gasteiger partial charge in [0.1, 0.15) is 66.2 Å². The molecule has 0 atom stereocenters. The molecule has 0 unspecified atom stereocenters. The first-order chi connectivity index (χ1) is 38.4. The molecule has 0 aliphatic heterocycles. The molecule has 0 saturated heterocycles. The fourth-order valence-electron chi connectivity index (χ4n) is 9.05. The molecule has 412 valence electrons. The van der Waals surface area contributed by atoms with E-state index in [1.807, 2.05) is 24.3 Å². The number of ketones is 2. The summed E-state index contributed by atoms with van der Waals surface area (Å²) in [5.74, 6) is -0.487. The second-order valence-electron chi connectivity index (χ2n) is 17.9. The van der Waals surface area contributed by atoms with E-state index in [-0.39, 0.29) is 185 Å². The molecule has 20 nitrogen and oxygen atoms in total. The predicted octanol–water partition coefficient (Wildman–Crippen LogP) is -1.98. The van der Waals surface area contributed by atoms with Crippen molar-refractivity contribution in [1.29, 1.82) is 0 Å². The van der Waals surface area contributed by atoms with Crippen molar-refractivity contribution in [2.75, 3.05) is 11.5 Å². The van der Waals surface area contributed by atoms with E-state index in [4.69, 9.17) is 30.4 Å². The smallest absolute Gasteiger partial charge is 0.744 e. The maximum atomic E-state index is 13.8. The number of hydrogen-bond acceptors (Lipinski definition) is 22. The van der Waals surface area contributed by atoms with Crippen molar-refractivity contribution in [3.8, 4) is 46.0 Å². The molecule has 1 aliphatic carbocycles. The van der Waals surface area contributed by atoms with Crippen LogP contribution in [-0.2, 0) is 44.4 Å². The molecule has 1 fully saturated rings. The standard InChI is InChI=1S/C56H46N2O18S4.4Na/c57-40-12-20-44(21-13-40)70-47-25-5-35(31-51(47)78-76-74-62)55(60)36-6-26-48(52(32-36)79(63,64)65)71-43-18-10-39(11-19-43)56(28-2-1-3-29-56)38-8-16-42(17-9-38)69-46-24-4-34(30-50(46)77-75-73-61)54(59)37-7-27-49(53(33-37)80(66,67)68)72-45-22-14-41(58)15-23-45;;;;/h4-27,30-33,61-62H,1-3,28-29,57-58H2,(H,63,64,65)(H,66,67,68);;;;/q;4*+1/p-4. The van der Waals surface area contributed by atoms with Gasteiger partial charge in [-0.15, -0.1) is 0 Å². The number of rotatable bonds is 22. The van der Waals surface area contributed by atoms with Gasteiger partial charge in [-0.25, -0.2) is 16.8 Å². The number of nitrogens with two attached hydrogens (primary N) is 2. The van der Waals surface area contributed by atoms with Crippen molar-refractivity contribution in [3.05, 3.63) is 203 Å². The van der Waals surface area contributed by atoms with Gasteiger partial charge in [-0.05, 0) is 170 Å². The van der Waals surface area contributed by atoms with Gasteiger partial charge in [-0.3, -0.25) is 19.7 Å². The normalized spacial score (nSPS) is 12.7. The Kier molecular flexibility index (Phi) is 26.9. The zero-order valence-corrected chi connectivity index (χ0v) is 56.6. The fraction of sp³-hybridized carbons (Fsp3) is 0.107. The van der Waals surface area contributed by atoms with Crippen LogP contribution < -0.4 is 159 Å². The third-order valence-corrected chi connectivity index (χ3v) is 15.8. The molecule has 0 heterocycles. The quantitative estimate of drug-likeness (QED) is 0.0141. The first-order valence-electron chi connectivity index (χ1n) is 23.9. The van der Waals surface area contributed by atoms with Gasteiger partial charge in [-0.2, -0.15) is 8.67 Å². The zero-order valence-electron chi connectivity index (χ0n) is 45.3. The predicted molar refractivity (Wildman–Crippen MR) is 283 cm³/mol. The van der Waals surface area contributed by atoms with Gasteiger partial charge >= 0.3 is 118 Å². The summed E-state index contributed by atoms with van der Waals surface area (Å²) >= 11 is 0.927. The Morgan fingerprint density at radius 1 is 0.417 bits per heavy atom. The number of carbonyl (C=O) groups excluding carboxylic acids is 2. The largest absolute Gasteiger partial charge is 1.00 e. The number of nitrogen functional groups attached to an aromatic ring is 2. The Labute approximate surface area is 580 Å². The molecule has 84 heavy (non-hydrogen) atoms. The topological polar surface area (TPSA) is 321 Å². The van der Waals surface area contributed by atoms with E-state index in [1.54, 1.807) is 48.5 Å². The molecular formula is C56H42N2Na4O18S4. The molecule has 9 rings (SSSR count). The van der Waals surface area contributed by atoms with Crippen molar-refractivity contribution >= 4 is 67.3 Å². The number of carbonyl (C=O) groups is 2. The maximum Gasteiger partial charge on any atom is 1.00 e. The van der Waals surface area contributed by atoms with E-state index in [0.29, 0.717) is 47.0 Å². The summed E-state index contributed by atoms with van der Waals surface area (Å²) in [4.78, 5) is 26.3. The monoisotopic (exact) mass is 1250 g/mol. The summed E-state index contributed by atoms with van der Waals surface area (Å²) in [7, 11) is -10.3. The van der Waals surface area contributed by atoms with E-state index in [9.17, 15) is 46.0 Å². The van der Waals surface area contributed by atoms with Crippen LogP contribution in [0.3, 0.4) is 0 Å². The Bertz CT molecular complexity index is 3810. The SMILES string of the molecule is Nc1ccc(Oc2ccc(C(=O)c3ccc(Oc4ccc(C5(c6ccc(Oc7ccc(C(=O)c8ccc(Oc9ccc(N)cc9)c(S(=O)(=O)[O-])c8)cc7SOO[O-])cc6)CCCCC5)cc4)c(S(=O)(=O)[O-])c3)cc2SOO[O-])cc1.[Na+].[Na+].[Na+].[Na+]. The molecule has 8 aromatic carbocycles. The van der Waals surface area contributed by atoms with Crippen LogP contribution in [0.15, 0.2) is 189 Å². The zero-order chi connectivity index (χ0) is 56.6. The minimum Gasteiger partial charge on any atom is -0.744 e. The first-order valence-corrected chi connectivity index (χ1v) is 28.2. The van der Waals surface area contributed by atoms with Crippen molar-refractivity contribution in [1.82, 2.24) is 0 Å². The van der Waals surface area contributed by atoms with Gasteiger partial charge in [0.25, 0.3) is 0 Å². The summed E-state index contributed by atoms with van der Waals surface area (Å²) in [6.07, 6.45) is 4.41. The molecule has 0 amide bonds. The van der Waals surface area contributed by atoms with E-state index < -0.39 is 47.0 Å². The number of anilines is 2. The molecule has 1 aliphatic rings. The van der Waals surface area contributed by atoms with Crippen LogP contribution in [-0.4, -0.2) is 37.5 Å². The Morgan fingerprint density at radius 3 is 1.04 bits per heavy atom. The van der Waals surface area contributed by atoms with Crippen molar-refractivity contribution in [2.24, 2.45) is 0 Å². The maximum absolute atomic E-state index is 13.8. The molecule has 0 aromatic heterocycles. The minimum atomic E-state index is -5.20. The van der Waals surface area contributed by atoms with Crippen LogP contribution in [0, 0.1) is 0 Å². The van der Waals surface area contributed by atoms with Gasteiger partial charge in [-0.1, -0.05) is 43.5 Å². The summed E-state index contributed by atoms with van der Waals surface area (Å²) in [6, 6.07) is 42.0. The van der Waals surface area contributed by atoms with Gasteiger partial charge in [0.15, 0.2) is 11.6 Å². The van der Waals surface area contributed by atoms with E-state index in [1.165, 1.54) is 84.9 Å². The molecule has 0 spiro atoms. The Hall–Kier alpha value is -3.82. The Morgan fingerprint density at radius 2 is 0.714 bits per heavy atom. The third-order valence-electron chi connectivity index (χ3n) is 12.9. The minimum absolute atomic E-state index is 0. The second-order valence-corrected chi connectivity index (χ2v) is 22.1. The summed E-state index contributed by atoms with van der Waals surface area (Å²) in [6.45, 7) is 0. The Balaban J connectivity index is 0.00000323.